The molecule has 1 saturated heterocycles. The predicted octanol–water partition coefficient (Wildman–Crippen LogP) is 1.86. The van der Waals surface area contributed by atoms with Gasteiger partial charge < -0.3 is 10.6 Å². The van der Waals surface area contributed by atoms with Crippen LogP contribution in [0.5, 0.6) is 0 Å². The lowest BCUT2D eigenvalue weighted by molar-refractivity contribution is -0.133. The molecule has 9 nitrogen and oxygen atoms in total. The van der Waals surface area contributed by atoms with Crippen molar-refractivity contribution in [1.82, 2.24) is 10.2 Å². The molecule has 2 aromatic carbocycles. The number of sulfonamides is 1. The third-order valence-electron chi connectivity index (χ3n) is 5.20. The Morgan fingerprint density at radius 1 is 1.10 bits per heavy atom. The Morgan fingerprint density at radius 2 is 1.68 bits per heavy atom. The maximum absolute atomic E-state index is 12.9. The minimum absolute atomic E-state index is 0.114. The Bertz CT molecular complexity index is 1130. The fraction of sp³-hybridized carbons (Fsp3) is 0.286. The largest absolute Gasteiger partial charge is 0.325 e. The number of benzene rings is 2. The van der Waals surface area contributed by atoms with Crippen molar-refractivity contribution in [1.29, 1.82) is 0 Å². The van der Waals surface area contributed by atoms with Crippen LogP contribution in [-0.2, 0) is 25.2 Å². The molecule has 10 heteroatoms. The van der Waals surface area contributed by atoms with E-state index in [1.807, 2.05) is 12.1 Å². The van der Waals surface area contributed by atoms with Crippen molar-refractivity contribution < 1.29 is 22.8 Å². The van der Waals surface area contributed by atoms with Crippen molar-refractivity contribution in [2.45, 2.75) is 37.1 Å². The molecule has 0 unspecified atom stereocenters. The second kappa shape index (κ2) is 8.12. The van der Waals surface area contributed by atoms with Gasteiger partial charge >= 0.3 is 6.03 Å². The van der Waals surface area contributed by atoms with Crippen LogP contribution in [0.4, 0.5) is 10.5 Å². The van der Waals surface area contributed by atoms with Gasteiger partial charge in [0, 0.05) is 5.69 Å². The van der Waals surface area contributed by atoms with E-state index in [1.54, 1.807) is 12.1 Å². The highest BCUT2D eigenvalue weighted by Gasteiger charge is 2.49. The van der Waals surface area contributed by atoms with Gasteiger partial charge in [-0.1, -0.05) is 38.1 Å². The first-order valence-electron chi connectivity index (χ1n) is 9.59. The van der Waals surface area contributed by atoms with Gasteiger partial charge in [-0.15, -0.1) is 0 Å². The molecule has 4 N–H and O–H groups in total. The second-order valence-electron chi connectivity index (χ2n) is 7.84. The molecule has 164 valence electrons. The number of amides is 4. The molecule has 0 spiro atoms. The van der Waals surface area contributed by atoms with E-state index >= 15 is 0 Å². The van der Waals surface area contributed by atoms with Crippen molar-refractivity contribution >= 4 is 33.6 Å². The fourth-order valence-corrected chi connectivity index (χ4v) is 3.83. The maximum atomic E-state index is 12.9. The van der Waals surface area contributed by atoms with E-state index in [0.29, 0.717) is 17.2 Å². The van der Waals surface area contributed by atoms with Crippen LogP contribution in [0, 0.1) is 0 Å². The highest BCUT2D eigenvalue weighted by Crippen LogP contribution is 2.29. The number of nitrogens with zero attached hydrogens (tertiary/aromatic N) is 1. The van der Waals surface area contributed by atoms with E-state index in [2.05, 4.69) is 24.5 Å². The Balaban J connectivity index is 1.72. The Labute approximate surface area is 180 Å². The standard InChI is InChI=1S/C21H24N4O5S/c1-13(2)14-4-8-16(9-5-14)23-18(26)12-25-19(27)21(3,24-20(25)28)15-6-10-17(11-7-15)31(22,29)30/h4-11,13H,12H2,1-3H3,(H,23,26)(H,24,28)(H2,22,29,30)/t21-/m1/s1. The summed E-state index contributed by atoms with van der Waals surface area (Å²) in [4.78, 5) is 38.5. The summed E-state index contributed by atoms with van der Waals surface area (Å²) in [5.74, 6) is -0.784. The summed E-state index contributed by atoms with van der Waals surface area (Å²) in [5, 5.41) is 10.3. The Morgan fingerprint density at radius 3 is 2.19 bits per heavy atom. The first-order valence-corrected chi connectivity index (χ1v) is 11.1. The van der Waals surface area contributed by atoms with Gasteiger partial charge in [0.2, 0.25) is 15.9 Å². The van der Waals surface area contributed by atoms with Gasteiger partial charge in [0.25, 0.3) is 5.91 Å². The van der Waals surface area contributed by atoms with Crippen LogP contribution < -0.4 is 15.8 Å². The van der Waals surface area contributed by atoms with Crippen molar-refractivity contribution in [3.05, 3.63) is 59.7 Å². The molecule has 0 aliphatic carbocycles. The van der Waals surface area contributed by atoms with Crippen LogP contribution in [0.15, 0.2) is 53.4 Å². The smallest absolute Gasteiger partial charge is 0.325 e. The number of hydrogen-bond acceptors (Lipinski definition) is 5. The molecule has 1 aliphatic heterocycles. The third kappa shape index (κ3) is 4.59. The van der Waals surface area contributed by atoms with Crippen molar-refractivity contribution in [2.24, 2.45) is 5.14 Å². The quantitative estimate of drug-likeness (QED) is 0.584. The van der Waals surface area contributed by atoms with E-state index in [9.17, 15) is 22.8 Å². The highest BCUT2D eigenvalue weighted by atomic mass is 32.2. The van der Waals surface area contributed by atoms with E-state index in [-0.39, 0.29) is 4.90 Å². The number of rotatable bonds is 6. The van der Waals surface area contributed by atoms with Gasteiger partial charge in [-0.2, -0.15) is 0 Å². The average Bonchev–Trinajstić information content (AvgIpc) is 2.92. The molecule has 3 rings (SSSR count). The lowest BCUT2D eigenvalue weighted by atomic mass is 9.92. The summed E-state index contributed by atoms with van der Waals surface area (Å²) >= 11 is 0. The number of imide groups is 1. The van der Waals surface area contributed by atoms with Crippen LogP contribution in [0.25, 0.3) is 0 Å². The van der Waals surface area contributed by atoms with Gasteiger partial charge in [-0.3, -0.25) is 14.5 Å². The highest BCUT2D eigenvalue weighted by molar-refractivity contribution is 7.89. The zero-order valence-electron chi connectivity index (χ0n) is 17.4. The molecule has 0 saturated carbocycles. The molecule has 2 aromatic rings. The van der Waals surface area contributed by atoms with E-state index in [0.717, 1.165) is 10.5 Å². The summed E-state index contributed by atoms with van der Waals surface area (Å²) in [5.41, 5.74) is 0.609. The summed E-state index contributed by atoms with van der Waals surface area (Å²) in [6.07, 6.45) is 0. The summed E-state index contributed by atoms with van der Waals surface area (Å²) < 4.78 is 22.9. The van der Waals surface area contributed by atoms with Crippen LogP contribution in [0.3, 0.4) is 0 Å². The van der Waals surface area contributed by atoms with E-state index < -0.39 is 40.0 Å². The Hall–Kier alpha value is -3.24. The molecule has 0 bridgehead atoms. The summed E-state index contributed by atoms with van der Waals surface area (Å²) in [6, 6.07) is 11.9. The van der Waals surface area contributed by atoms with Gasteiger partial charge in [0.05, 0.1) is 4.90 Å². The number of primary sulfonamides is 1. The molecule has 0 radical (unpaired) electrons. The first-order chi connectivity index (χ1) is 14.4. The molecule has 1 aliphatic rings. The maximum Gasteiger partial charge on any atom is 0.325 e. The SMILES string of the molecule is CC(C)c1ccc(NC(=O)CN2C(=O)N[C@](C)(c3ccc(S(N)(=O)=O)cc3)C2=O)cc1. The van der Waals surface area contributed by atoms with Crippen LogP contribution >= 0.6 is 0 Å². The van der Waals surface area contributed by atoms with E-state index in [1.165, 1.54) is 31.2 Å². The number of urea groups is 1. The summed E-state index contributed by atoms with van der Waals surface area (Å²) in [7, 11) is -3.89. The first kappa shape index (κ1) is 22.4. The summed E-state index contributed by atoms with van der Waals surface area (Å²) in [6.45, 7) is 5.15. The average molecular weight is 445 g/mol. The molecule has 4 amide bonds. The normalized spacial score (nSPS) is 18.9. The van der Waals surface area contributed by atoms with Gasteiger partial charge in [0.15, 0.2) is 0 Å². The number of hydrogen-bond donors (Lipinski definition) is 3. The van der Waals surface area contributed by atoms with Gasteiger partial charge in [-0.25, -0.2) is 18.4 Å². The number of carbonyl (C=O) groups excluding carboxylic acids is 3. The molecule has 1 heterocycles. The van der Waals surface area contributed by atoms with Crippen molar-refractivity contribution in [2.75, 3.05) is 11.9 Å². The topological polar surface area (TPSA) is 139 Å². The number of anilines is 1. The predicted molar refractivity (Wildman–Crippen MR) is 115 cm³/mol. The van der Waals surface area contributed by atoms with Gasteiger partial charge in [-0.05, 0) is 48.2 Å². The molecular weight excluding hydrogens is 420 g/mol. The Kier molecular flexibility index (Phi) is 5.88. The monoisotopic (exact) mass is 444 g/mol. The zero-order chi connectivity index (χ0) is 23.0. The lowest BCUT2D eigenvalue weighted by Crippen LogP contribution is -2.42. The zero-order valence-corrected chi connectivity index (χ0v) is 18.2. The minimum Gasteiger partial charge on any atom is -0.325 e. The van der Waals surface area contributed by atoms with Crippen molar-refractivity contribution in [3.8, 4) is 0 Å². The number of carbonyl (C=O) groups is 3. The molecule has 31 heavy (non-hydrogen) atoms. The van der Waals surface area contributed by atoms with Crippen molar-refractivity contribution in [3.63, 3.8) is 0 Å². The van der Waals surface area contributed by atoms with Gasteiger partial charge in [0.1, 0.15) is 12.1 Å². The number of nitrogens with one attached hydrogen (secondary N) is 2. The van der Waals surface area contributed by atoms with Crippen LogP contribution in [0.2, 0.25) is 0 Å². The molecule has 0 aromatic heterocycles. The lowest BCUT2D eigenvalue weighted by Gasteiger charge is -2.22. The minimum atomic E-state index is -3.89. The third-order valence-corrected chi connectivity index (χ3v) is 6.13. The van der Waals surface area contributed by atoms with Crippen LogP contribution in [-0.4, -0.2) is 37.7 Å². The molecule has 1 atom stereocenters. The van der Waals surface area contributed by atoms with Crippen LogP contribution in [0.1, 0.15) is 37.8 Å². The fourth-order valence-electron chi connectivity index (χ4n) is 3.31. The molecule has 1 fully saturated rings. The number of nitrogens with two attached hydrogens (primary N) is 1. The molecular formula is C21H24N4O5S. The second-order valence-corrected chi connectivity index (χ2v) is 9.40. The van der Waals surface area contributed by atoms with E-state index in [4.69, 9.17) is 5.14 Å².